The maximum absolute atomic E-state index is 6.14. The van der Waals surface area contributed by atoms with Gasteiger partial charge in [-0.2, -0.15) is 0 Å². The van der Waals surface area contributed by atoms with Crippen molar-refractivity contribution in [2.75, 3.05) is 9.80 Å². The molecular weight excluding hydrogens is 502 g/mol. The summed E-state index contributed by atoms with van der Waals surface area (Å²) in [4.78, 5) is 26.1. The molecule has 0 unspecified atom stereocenters. The van der Waals surface area contributed by atoms with Crippen LogP contribution in [-0.4, -0.2) is 24.9 Å². The van der Waals surface area contributed by atoms with Gasteiger partial charge in [0.15, 0.2) is 0 Å². The Morgan fingerprint density at radius 2 is 1.18 bits per heavy atom. The summed E-state index contributed by atoms with van der Waals surface area (Å²) < 4.78 is 0. The number of aromatic nitrogens is 5. The number of nitrogens with two attached hydrogens (primary N) is 2. The maximum atomic E-state index is 6.14. The van der Waals surface area contributed by atoms with E-state index in [2.05, 4.69) is 48.7 Å². The Balaban J connectivity index is 1.37. The second kappa shape index (κ2) is 10.1. The molecule has 6 N–H and O–H groups in total. The molecule has 40 heavy (non-hydrogen) atoms. The molecule has 0 radical (unpaired) electrons. The summed E-state index contributed by atoms with van der Waals surface area (Å²) >= 11 is 0. The van der Waals surface area contributed by atoms with Gasteiger partial charge in [0.05, 0.1) is 46.6 Å². The molecule has 6 heterocycles. The molecule has 0 bridgehead atoms. The molecule has 0 fully saturated rings. The van der Waals surface area contributed by atoms with E-state index in [1.165, 1.54) is 6.33 Å². The van der Waals surface area contributed by atoms with E-state index in [9.17, 15) is 0 Å². The van der Waals surface area contributed by atoms with Crippen molar-refractivity contribution >= 4 is 35.7 Å². The molecule has 11 nitrogen and oxygen atoms in total. The average molecular weight is 528 g/mol. The Labute approximate surface area is 230 Å². The number of fused-ring (bicyclic) bond motifs is 1. The van der Waals surface area contributed by atoms with Gasteiger partial charge >= 0.3 is 0 Å². The third-order valence-electron chi connectivity index (χ3n) is 6.29. The molecule has 0 saturated carbocycles. The van der Waals surface area contributed by atoms with Crippen LogP contribution < -0.4 is 31.9 Å². The lowest BCUT2D eigenvalue weighted by molar-refractivity contribution is 0.985. The third-order valence-corrected chi connectivity index (χ3v) is 6.29. The van der Waals surface area contributed by atoms with Gasteiger partial charge in [-0.3, -0.25) is 24.8 Å². The summed E-state index contributed by atoms with van der Waals surface area (Å²) in [6.45, 7) is 7.62. The third kappa shape index (κ3) is 4.58. The molecule has 196 valence electrons. The smallest absolute Gasteiger partial charge is 0.119 e. The Morgan fingerprint density at radius 1 is 0.700 bits per heavy atom. The molecule has 0 amide bonds. The van der Waals surface area contributed by atoms with Crippen molar-refractivity contribution in [3.05, 3.63) is 127 Å². The van der Waals surface area contributed by atoms with Crippen LogP contribution in [0.25, 0.3) is 35.4 Å². The van der Waals surface area contributed by atoms with Crippen LogP contribution in [0.1, 0.15) is 22.8 Å². The van der Waals surface area contributed by atoms with Gasteiger partial charge in [0.1, 0.15) is 29.6 Å². The number of anilines is 2. The molecule has 0 aromatic carbocycles. The van der Waals surface area contributed by atoms with Gasteiger partial charge in [0.2, 0.25) is 0 Å². The van der Waals surface area contributed by atoms with Crippen LogP contribution in [0, 0.1) is 0 Å². The van der Waals surface area contributed by atoms with Gasteiger partial charge in [-0.25, -0.2) is 9.97 Å². The SMILES string of the molecule is C=Cc1cc(N2C=C(N)N/C2=C\c2ncnc(/C=C3\NC(N)=CN3c3ccnc(C=C)c3)c3cncc2-3)ccn1. The maximum Gasteiger partial charge on any atom is 0.119 e. The zero-order valence-electron chi connectivity index (χ0n) is 21.4. The quantitative estimate of drug-likeness (QED) is 0.292. The first kappa shape index (κ1) is 24.4. The first-order valence-corrected chi connectivity index (χ1v) is 12.3. The van der Waals surface area contributed by atoms with Crippen molar-refractivity contribution in [2.24, 2.45) is 11.5 Å². The number of hydrogen-bond donors (Lipinski definition) is 4. The molecule has 0 aliphatic carbocycles. The van der Waals surface area contributed by atoms with Crippen molar-refractivity contribution in [3.63, 3.8) is 0 Å². The van der Waals surface area contributed by atoms with E-state index in [1.807, 2.05) is 46.2 Å². The van der Waals surface area contributed by atoms with Crippen LogP contribution in [0.5, 0.6) is 0 Å². The molecule has 4 aliphatic rings. The minimum Gasteiger partial charge on any atom is -0.384 e. The van der Waals surface area contributed by atoms with Crippen molar-refractivity contribution in [1.82, 2.24) is 35.6 Å². The first-order valence-electron chi connectivity index (χ1n) is 12.3. The molecule has 0 atom stereocenters. The lowest BCUT2D eigenvalue weighted by Crippen LogP contribution is -2.20. The Morgan fingerprint density at radius 3 is 1.62 bits per heavy atom. The van der Waals surface area contributed by atoms with Gasteiger partial charge in [0.25, 0.3) is 0 Å². The van der Waals surface area contributed by atoms with E-state index >= 15 is 0 Å². The van der Waals surface area contributed by atoms with E-state index in [4.69, 9.17) is 11.5 Å². The fourth-order valence-corrected chi connectivity index (χ4v) is 4.45. The summed E-state index contributed by atoms with van der Waals surface area (Å²) in [6, 6.07) is 7.62. The molecule has 4 aliphatic heterocycles. The van der Waals surface area contributed by atoms with E-state index < -0.39 is 0 Å². The Bertz CT molecular complexity index is 1610. The van der Waals surface area contributed by atoms with Crippen molar-refractivity contribution in [3.8, 4) is 11.1 Å². The standard InChI is InChI=1S/C29H25N11/c1-3-18-9-20(5-7-33-18)39-15-26(30)37-28(39)11-24-22-13-32-14-23(22)25(36-17-35-24)12-29-38-27(31)16-40(29)21-6-8-34-19(4-2)10-21/h3-17,37-38H,1-2,30-31H2/b28-11+,29-12+. The van der Waals surface area contributed by atoms with Crippen LogP contribution in [0.4, 0.5) is 11.4 Å². The minimum absolute atomic E-state index is 0.497. The lowest BCUT2D eigenvalue weighted by atomic mass is 10.1. The van der Waals surface area contributed by atoms with Gasteiger partial charge in [0, 0.05) is 48.1 Å². The molecule has 6 rings (SSSR count). The number of nitrogens with zero attached hydrogens (tertiary/aromatic N) is 7. The number of hydrogen-bond acceptors (Lipinski definition) is 11. The fraction of sp³-hybridized carbons (Fsp3) is 0. The average Bonchev–Trinajstić information content (AvgIpc) is 3.67. The monoisotopic (exact) mass is 527 g/mol. The highest BCUT2D eigenvalue weighted by Gasteiger charge is 2.22. The highest BCUT2D eigenvalue weighted by atomic mass is 15.3. The normalized spacial score (nSPS) is 16.6. The highest BCUT2D eigenvalue weighted by molar-refractivity contribution is 5.82. The molecule has 2 aromatic heterocycles. The molecule has 11 heteroatoms. The van der Waals surface area contributed by atoms with E-state index in [1.54, 1.807) is 49.3 Å². The summed E-state index contributed by atoms with van der Waals surface area (Å²) in [7, 11) is 0. The van der Waals surface area contributed by atoms with Crippen molar-refractivity contribution < 1.29 is 0 Å². The van der Waals surface area contributed by atoms with Crippen LogP contribution >= 0.6 is 0 Å². The first-order chi connectivity index (χ1) is 19.5. The lowest BCUT2D eigenvalue weighted by Gasteiger charge is -2.18. The second-order valence-electron chi connectivity index (χ2n) is 8.88. The minimum atomic E-state index is 0.497. The zero-order chi connectivity index (χ0) is 27.6. The van der Waals surface area contributed by atoms with E-state index in [0.717, 1.165) is 45.5 Å². The zero-order valence-corrected chi connectivity index (χ0v) is 21.4. The van der Waals surface area contributed by atoms with Crippen LogP contribution in [0.3, 0.4) is 0 Å². The second-order valence-corrected chi connectivity index (χ2v) is 8.88. The Hall–Kier alpha value is -5.97. The van der Waals surface area contributed by atoms with E-state index in [0.29, 0.717) is 23.0 Å². The molecule has 0 spiro atoms. The summed E-state index contributed by atoms with van der Waals surface area (Å²) in [5.41, 5.74) is 18.5. The van der Waals surface area contributed by atoms with Gasteiger partial charge < -0.3 is 22.1 Å². The van der Waals surface area contributed by atoms with Gasteiger partial charge in [-0.1, -0.05) is 13.2 Å². The molecule has 2 aromatic rings. The molecule has 0 saturated heterocycles. The summed E-state index contributed by atoms with van der Waals surface area (Å²) in [6.07, 6.45) is 19.3. The van der Waals surface area contributed by atoms with E-state index in [-0.39, 0.29) is 0 Å². The predicted octanol–water partition coefficient (Wildman–Crippen LogP) is 3.38. The van der Waals surface area contributed by atoms with Crippen molar-refractivity contribution in [1.29, 1.82) is 0 Å². The van der Waals surface area contributed by atoms with Gasteiger partial charge in [-0.15, -0.1) is 0 Å². The van der Waals surface area contributed by atoms with Gasteiger partial charge in [-0.05, 0) is 36.4 Å². The topological polar surface area (TPSA) is 147 Å². The fourth-order valence-electron chi connectivity index (χ4n) is 4.45. The van der Waals surface area contributed by atoms with Crippen molar-refractivity contribution in [2.45, 2.75) is 0 Å². The number of rotatable bonds is 6. The Kier molecular flexibility index (Phi) is 6.13. The predicted molar refractivity (Wildman–Crippen MR) is 157 cm³/mol. The van der Waals surface area contributed by atoms with Crippen LogP contribution in [0.2, 0.25) is 0 Å². The number of pyridine rings is 2. The summed E-state index contributed by atoms with van der Waals surface area (Å²) in [5.74, 6) is 2.43. The molecular formula is C29H25N11. The largest absolute Gasteiger partial charge is 0.384 e. The van der Waals surface area contributed by atoms with Crippen LogP contribution in [-0.2, 0) is 0 Å². The summed E-state index contributed by atoms with van der Waals surface area (Å²) in [5, 5.41) is 6.41. The highest BCUT2D eigenvalue weighted by Crippen LogP contribution is 2.32. The number of nitrogens with one attached hydrogen (secondary N) is 2. The van der Waals surface area contributed by atoms with Crippen LogP contribution in [0.15, 0.2) is 104 Å².